The summed E-state index contributed by atoms with van der Waals surface area (Å²) in [6.45, 7) is 2.56. The zero-order chi connectivity index (χ0) is 23.3. The summed E-state index contributed by atoms with van der Waals surface area (Å²) in [6, 6.07) is 36.5. The topological polar surface area (TPSA) is 67.9 Å². The zero-order valence-corrected chi connectivity index (χ0v) is 19.0. The highest BCUT2D eigenvalue weighted by atomic mass is 15.3. The molecule has 0 saturated heterocycles. The van der Waals surface area contributed by atoms with Crippen molar-refractivity contribution in [1.82, 2.24) is 15.0 Å². The molecule has 0 saturated carbocycles. The van der Waals surface area contributed by atoms with Gasteiger partial charge in [0, 0.05) is 29.0 Å². The summed E-state index contributed by atoms with van der Waals surface area (Å²) < 4.78 is 0. The second kappa shape index (κ2) is 9.65. The first-order valence-corrected chi connectivity index (χ1v) is 11.2. The lowest BCUT2D eigenvalue weighted by Gasteiger charge is -2.23. The van der Waals surface area contributed by atoms with Crippen LogP contribution in [0.5, 0.6) is 0 Å². The van der Waals surface area contributed by atoms with Crippen LogP contribution in [0.2, 0.25) is 0 Å². The van der Waals surface area contributed by atoms with Gasteiger partial charge in [-0.2, -0.15) is 9.97 Å². The van der Waals surface area contributed by atoms with Gasteiger partial charge in [0.25, 0.3) is 0 Å². The lowest BCUT2D eigenvalue weighted by atomic mass is 10.1. The van der Waals surface area contributed by atoms with Gasteiger partial charge in [-0.3, -0.25) is 4.90 Å². The highest BCUT2D eigenvalue weighted by Crippen LogP contribution is 2.34. The van der Waals surface area contributed by atoms with Crippen LogP contribution in [0.15, 0.2) is 109 Å². The van der Waals surface area contributed by atoms with Gasteiger partial charge < -0.3 is 5.73 Å². The molecule has 0 aliphatic rings. The van der Waals surface area contributed by atoms with Gasteiger partial charge in [0.1, 0.15) is 0 Å². The average Bonchev–Trinajstić information content (AvgIpc) is 2.90. The Balaban J connectivity index is 1.72. The lowest BCUT2D eigenvalue weighted by Crippen LogP contribution is -2.15. The van der Waals surface area contributed by atoms with Crippen molar-refractivity contribution in [2.24, 2.45) is 5.73 Å². The van der Waals surface area contributed by atoms with E-state index in [1.165, 1.54) is 5.56 Å². The summed E-state index contributed by atoms with van der Waals surface area (Å²) in [7, 11) is 0. The minimum Gasteiger partial charge on any atom is -0.326 e. The van der Waals surface area contributed by atoms with E-state index in [0.29, 0.717) is 24.1 Å². The molecule has 0 spiro atoms. The van der Waals surface area contributed by atoms with E-state index in [4.69, 9.17) is 20.7 Å². The minimum absolute atomic E-state index is 0.493. The highest BCUT2D eigenvalue weighted by Gasteiger charge is 2.19. The van der Waals surface area contributed by atoms with Gasteiger partial charge >= 0.3 is 0 Å². The normalized spacial score (nSPS) is 10.8. The van der Waals surface area contributed by atoms with E-state index in [2.05, 4.69) is 48.2 Å². The molecule has 34 heavy (non-hydrogen) atoms. The molecule has 4 aromatic carbocycles. The fraction of sp³-hybridized carbons (Fsp3) is 0.0690. The Bertz CT molecular complexity index is 1330. The molecule has 0 aliphatic heterocycles. The van der Waals surface area contributed by atoms with Crippen LogP contribution in [0.1, 0.15) is 11.1 Å². The van der Waals surface area contributed by atoms with Crippen LogP contribution < -0.4 is 10.6 Å². The van der Waals surface area contributed by atoms with Crippen molar-refractivity contribution in [2.45, 2.75) is 13.5 Å². The summed E-state index contributed by atoms with van der Waals surface area (Å²) in [4.78, 5) is 16.8. The molecule has 2 N–H and O–H groups in total. The van der Waals surface area contributed by atoms with Crippen molar-refractivity contribution >= 4 is 17.3 Å². The molecule has 5 heteroatoms. The highest BCUT2D eigenvalue weighted by molar-refractivity contribution is 5.74. The maximum absolute atomic E-state index is 5.80. The van der Waals surface area contributed by atoms with Crippen LogP contribution in [0.25, 0.3) is 22.8 Å². The fourth-order valence-electron chi connectivity index (χ4n) is 3.75. The summed E-state index contributed by atoms with van der Waals surface area (Å²) in [6.07, 6.45) is 0. The molecule has 0 atom stereocenters. The summed E-state index contributed by atoms with van der Waals surface area (Å²) >= 11 is 0. The molecule has 0 fully saturated rings. The Kier molecular flexibility index (Phi) is 6.10. The van der Waals surface area contributed by atoms with Crippen molar-refractivity contribution in [2.75, 3.05) is 4.90 Å². The fourth-order valence-corrected chi connectivity index (χ4v) is 3.75. The first-order valence-electron chi connectivity index (χ1n) is 11.2. The number of anilines is 3. The van der Waals surface area contributed by atoms with E-state index in [9.17, 15) is 0 Å². The largest absolute Gasteiger partial charge is 0.326 e. The third kappa shape index (κ3) is 4.56. The Morgan fingerprint density at radius 2 is 1.06 bits per heavy atom. The van der Waals surface area contributed by atoms with Crippen molar-refractivity contribution in [3.05, 3.63) is 120 Å². The molecule has 5 aromatic rings. The number of nitrogens with two attached hydrogens (primary N) is 1. The standard InChI is InChI=1S/C29H25N5/c1-21-12-16-23(17-13-21)27-31-28(24-18-14-22(20-30)15-19-24)33-29(32-27)34(25-8-4-2-5-9-25)26-10-6-3-7-11-26/h2-19H,20,30H2,1H3. The lowest BCUT2D eigenvalue weighted by molar-refractivity contribution is 1.02. The van der Waals surface area contributed by atoms with Gasteiger partial charge in [-0.25, -0.2) is 4.98 Å². The van der Waals surface area contributed by atoms with Crippen molar-refractivity contribution in [1.29, 1.82) is 0 Å². The minimum atomic E-state index is 0.493. The molecule has 166 valence electrons. The van der Waals surface area contributed by atoms with Crippen LogP contribution in [-0.4, -0.2) is 15.0 Å². The number of nitrogens with zero attached hydrogens (tertiary/aromatic N) is 4. The van der Waals surface area contributed by atoms with Gasteiger partial charge in [-0.1, -0.05) is 90.5 Å². The number of aromatic nitrogens is 3. The third-order valence-electron chi connectivity index (χ3n) is 5.61. The van der Waals surface area contributed by atoms with Crippen molar-refractivity contribution in [3.63, 3.8) is 0 Å². The Morgan fingerprint density at radius 1 is 0.588 bits per heavy atom. The molecule has 0 bridgehead atoms. The van der Waals surface area contributed by atoms with E-state index >= 15 is 0 Å². The second-order valence-electron chi connectivity index (χ2n) is 8.06. The van der Waals surface area contributed by atoms with E-state index in [0.717, 1.165) is 28.1 Å². The number of aryl methyl sites for hydroxylation is 1. The van der Waals surface area contributed by atoms with E-state index < -0.39 is 0 Å². The summed E-state index contributed by atoms with van der Waals surface area (Å²) in [5, 5.41) is 0. The molecular formula is C29H25N5. The molecular weight excluding hydrogens is 418 g/mol. The van der Waals surface area contributed by atoms with Crippen molar-refractivity contribution in [3.8, 4) is 22.8 Å². The van der Waals surface area contributed by atoms with Crippen LogP contribution in [0.4, 0.5) is 17.3 Å². The number of para-hydroxylation sites is 2. The summed E-state index contributed by atoms with van der Waals surface area (Å²) in [5.74, 6) is 1.79. The first kappa shape index (κ1) is 21.5. The van der Waals surface area contributed by atoms with Crippen LogP contribution in [0.3, 0.4) is 0 Å². The van der Waals surface area contributed by atoms with Gasteiger partial charge in [0.2, 0.25) is 5.95 Å². The number of benzene rings is 4. The molecule has 0 amide bonds. The van der Waals surface area contributed by atoms with E-state index in [1.54, 1.807) is 0 Å². The predicted molar refractivity (Wildman–Crippen MR) is 138 cm³/mol. The Hall–Kier alpha value is -4.35. The van der Waals surface area contributed by atoms with Crippen LogP contribution >= 0.6 is 0 Å². The average molecular weight is 444 g/mol. The second-order valence-corrected chi connectivity index (χ2v) is 8.06. The number of hydrogen-bond donors (Lipinski definition) is 1. The zero-order valence-electron chi connectivity index (χ0n) is 19.0. The maximum Gasteiger partial charge on any atom is 0.238 e. The smallest absolute Gasteiger partial charge is 0.238 e. The molecule has 1 heterocycles. The first-order chi connectivity index (χ1) is 16.7. The van der Waals surface area contributed by atoms with E-state index in [-0.39, 0.29) is 0 Å². The Morgan fingerprint density at radius 3 is 1.53 bits per heavy atom. The van der Waals surface area contributed by atoms with Gasteiger partial charge in [0.15, 0.2) is 11.6 Å². The van der Waals surface area contributed by atoms with Crippen LogP contribution in [-0.2, 0) is 6.54 Å². The van der Waals surface area contributed by atoms with Crippen LogP contribution in [0, 0.1) is 6.92 Å². The van der Waals surface area contributed by atoms with Gasteiger partial charge in [0.05, 0.1) is 0 Å². The maximum atomic E-state index is 5.80. The van der Waals surface area contributed by atoms with Gasteiger partial charge in [-0.15, -0.1) is 0 Å². The molecule has 0 unspecified atom stereocenters. The predicted octanol–water partition coefficient (Wildman–Crippen LogP) is 6.44. The summed E-state index contributed by atoms with van der Waals surface area (Å²) in [5.41, 5.74) is 11.8. The van der Waals surface area contributed by atoms with Gasteiger partial charge in [-0.05, 0) is 36.8 Å². The Labute approximate surface area is 199 Å². The molecule has 1 aromatic heterocycles. The number of rotatable bonds is 6. The quantitative estimate of drug-likeness (QED) is 0.327. The van der Waals surface area contributed by atoms with Crippen molar-refractivity contribution < 1.29 is 0 Å². The third-order valence-corrected chi connectivity index (χ3v) is 5.61. The SMILES string of the molecule is Cc1ccc(-c2nc(-c3ccc(CN)cc3)nc(N(c3ccccc3)c3ccccc3)n2)cc1. The van der Waals surface area contributed by atoms with E-state index in [1.807, 2.05) is 72.8 Å². The molecule has 0 aliphatic carbocycles. The number of hydrogen-bond acceptors (Lipinski definition) is 5. The molecule has 5 rings (SSSR count). The molecule has 0 radical (unpaired) electrons. The molecule has 5 nitrogen and oxygen atoms in total. The monoisotopic (exact) mass is 443 g/mol.